The van der Waals surface area contributed by atoms with Crippen molar-refractivity contribution in [1.82, 2.24) is 20.5 Å². The third-order valence-corrected chi connectivity index (χ3v) is 4.45. The molecule has 0 aliphatic rings. The molecule has 0 aliphatic carbocycles. The Bertz CT molecular complexity index is 713. The lowest BCUT2D eigenvalue weighted by atomic mass is 10.1. The van der Waals surface area contributed by atoms with Crippen molar-refractivity contribution in [2.45, 2.75) is 19.4 Å². The molecule has 0 amide bonds. The Morgan fingerprint density at radius 3 is 2.85 bits per heavy atom. The van der Waals surface area contributed by atoms with Gasteiger partial charge in [-0.3, -0.25) is 4.98 Å². The van der Waals surface area contributed by atoms with Gasteiger partial charge in [-0.2, -0.15) is 0 Å². The molecule has 2 heterocycles. The van der Waals surface area contributed by atoms with Gasteiger partial charge in [-0.15, -0.1) is 10.2 Å². The molecule has 20 heavy (non-hydrogen) atoms. The summed E-state index contributed by atoms with van der Waals surface area (Å²) < 4.78 is 0. The van der Waals surface area contributed by atoms with E-state index < -0.39 is 0 Å². The van der Waals surface area contributed by atoms with E-state index in [2.05, 4.69) is 33.5 Å². The van der Waals surface area contributed by atoms with E-state index in [0.717, 1.165) is 32.9 Å². The van der Waals surface area contributed by atoms with Crippen LogP contribution in [0.2, 0.25) is 0 Å². The fraction of sp³-hybridized carbons (Fsp3) is 0.267. The highest BCUT2D eigenvalue weighted by molar-refractivity contribution is 7.14. The average molecular weight is 284 g/mol. The summed E-state index contributed by atoms with van der Waals surface area (Å²) in [6, 6.07) is 10.4. The lowest BCUT2D eigenvalue weighted by Gasteiger charge is -2.08. The second kappa shape index (κ2) is 5.64. The van der Waals surface area contributed by atoms with Crippen molar-refractivity contribution >= 4 is 22.2 Å². The van der Waals surface area contributed by atoms with E-state index in [1.54, 1.807) is 11.3 Å². The van der Waals surface area contributed by atoms with E-state index in [-0.39, 0.29) is 6.04 Å². The molecule has 1 atom stereocenters. The van der Waals surface area contributed by atoms with E-state index in [9.17, 15) is 0 Å². The van der Waals surface area contributed by atoms with Gasteiger partial charge in [0, 0.05) is 17.1 Å². The molecule has 0 fully saturated rings. The van der Waals surface area contributed by atoms with Crippen molar-refractivity contribution in [2.24, 2.45) is 0 Å². The number of hydrogen-bond acceptors (Lipinski definition) is 5. The summed E-state index contributed by atoms with van der Waals surface area (Å²) >= 11 is 1.65. The van der Waals surface area contributed by atoms with Crippen LogP contribution in [0, 0.1) is 0 Å². The lowest BCUT2D eigenvalue weighted by Crippen LogP contribution is -2.14. The number of rotatable bonds is 4. The highest BCUT2D eigenvalue weighted by atomic mass is 32.1. The van der Waals surface area contributed by atoms with Gasteiger partial charge in [0.15, 0.2) is 0 Å². The molecule has 1 aromatic carbocycles. The minimum atomic E-state index is 0.273. The van der Waals surface area contributed by atoms with Crippen LogP contribution in [-0.2, 0) is 0 Å². The average Bonchev–Trinajstić information content (AvgIpc) is 2.97. The fourth-order valence-electron chi connectivity index (χ4n) is 2.27. The fourth-order valence-corrected chi connectivity index (χ4v) is 3.34. The largest absolute Gasteiger partial charge is 0.311 e. The van der Waals surface area contributed by atoms with Crippen molar-refractivity contribution in [2.75, 3.05) is 7.05 Å². The number of nitrogens with zero attached hydrogens (tertiary/aromatic N) is 3. The SMILES string of the molecule is CCC(NC)c1nnc(-c2ccnc3ccccc23)s1. The topological polar surface area (TPSA) is 50.7 Å². The lowest BCUT2D eigenvalue weighted by molar-refractivity contribution is 0.568. The molecule has 4 nitrogen and oxygen atoms in total. The first-order valence-electron chi connectivity index (χ1n) is 6.68. The quantitative estimate of drug-likeness (QED) is 0.797. The molecule has 102 valence electrons. The molecule has 2 aromatic heterocycles. The van der Waals surface area contributed by atoms with Gasteiger partial charge in [0.05, 0.1) is 11.6 Å². The number of fused-ring (bicyclic) bond motifs is 1. The van der Waals surface area contributed by atoms with Crippen molar-refractivity contribution < 1.29 is 0 Å². The maximum atomic E-state index is 4.39. The van der Waals surface area contributed by atoms with Crippen LogP contribution < -0.4 is 5.32 Å². The van der Waals surface area contributed by atoms with Crippen molar-refractivity contribution in [3.8, 4) is 10.6 Å². The number of hydrogen-bond donors (Lipinski definition) is 1. The Balaban J connectivity index is 2.08. The number of pyridine rings is 1. The molecule has 3 rings (SSSR count). The maximum Gasteiger partial charge on any atom is 0.148 e. The molecule has 1 unspecified atom stereocenters. The number of nitrogens with one attached hydrogen (secondary N) is 1. The van der Waals surface area contributed by atoms with Gasteiger partial charge in [0.25, 0.3) is 0 Å². The molecule has 0 spiro atoms. The number of aromatic nitrogens is 3. The molecule has 3 aromatic rings. The van der Waals surface area contributed by atoms with Crippen LogP contribution in [0.3, 0.4) is 0 Å². The van der Waals surface area contributed by atoms with E-state index in [4.69, 9.17) is 0 Å². The minimum absolute atomic E-state index is 0.273. The summed E-state index contributed by atoms with van der Waals surface area (Å²) in [6.07, 6.45) is 2.83. The number of benzene rings is 1. The van der Waals surface area contributed by atoms with Crippen molar-refractivity contribution in [1.29, 1.82) is 0 Å². The van der Waals surface area contributed by atoms with Crippen LogP contribution in [0.15, 0.2) is 36.5 Å². The molecular weight excluding hydrogens is 268 g/mol. The molecule has 0 saturated heterocycles. The predicted octanol–water partition coefficient (Wildman–Crippen LogP) is 3.42. The molecule has 1 N–H and O–H groups in total. The van der Waals surface area contributed by atoms with Crippen molar-refractivity contribution in [3.63, 3.8) is 0 Å². The van der Waals surface area contributed by atoms with Crippen LogP contribution in [0.4, 0.5) is 0 Å². The Hall–Kier alpha value is -1.85. The zero-order valence-electron chi connectivity index (χ0n) is 11.5. The molecule has 0 saturated carbocycles. The van der Waals surface area contributed by atoms with Crippen LogP contribution in [0.5, 0.6) is 0 Å². The van der Waals surface area contributed by atoms with Gasteiger partial charge in [0.1, 0.15) is 10.0 Å². The first-order chi connectivity index (χ1) is 9.83. The summed E-state index contributed by atoms with van der Waals surface area (Å²) in [6.45, 7) is 2.14. The van der Waals surface area contributed by atoms with E-state index in [1.807, 2.05) is 37.5 Å². The summed E-state index contributed by atoms with van der Waals surface area (Å²) in [5.41, 5.74) is 2.09. The minimum Gasteiger partial charge on any atom is -0.311 e. The normalized spacial score (nSPS) is 12.7. The first-order valence-corrected chi connectivity index (χ1v) is 7.50. The highest BCUT2D eigenvalue weighted by Crippen LogP contribution is 2.31. The highest BCUT2D eigenvalue weighted by Gasteiger charge is 2.15. The molecular formula is C15H16N4S. The van der Waals surface area contributed by atoms with Gasteiger partial charge in [-0.25, -0.2) is 0 Å². The van der Waals surface area contributed by atoms with Crippen LogP contribution in [0.1, 0.15) is 24.4 Å². The summed E-state index contributed by atoms with van der Waals surface area (Å²) in [7, 11) is 1.96. The van der Waals surface area contributed by atoms with Gasteiger partial charge in [0.2, 0.25) is 0 Å². The Labute approximate surface area is 121 Å². The second-order valence-corrected chi connectivity index (χ2v) is 5.58. The van der Waals surface area contributed by atoms with Gasteiger partial charge in [-0.05, 0) is 25.6 Å². The van der Waals surface area contributed by atoms with Gasteiger partial charge in [-0.1, -0.05) is 36.5 Å². The zero-order valence-corrected chi connectivity index (χ0v) is 12.3. The van der Waals surface area contributed by atoms with E-state index in [0.29, 0.717) is 0 Å². The maximum absolute atomic E-state index is 4.39. The van der Waals surface area contributed by atoms with E-state index in [1.165, 1.54) is 0 Å². The first kappa shape index (κ1) is 13.1. The smallest absolute Gasteiger partial charge is 0.148 e. The summed E-state index contributed by atoms with van der Waals surface area (Å²) in [5.74, 6) is 0. The summed E-state index contributed by atoms with van der Waals surface area (Å²) in [4.78, 5) is 4.39. The number of para-hydroxylation sites is 1. The van der Waals surface area contributed by atoms with Gasteiger partial charge >= 0.3 is 0 Å². The van der Waals surface area contributed by atoms with Crippen LogP contribution in [0.25, 0.3) is 21.5 Å². The Morgan fingerprint density at radius 1 is 1.20 bits per heavy atom. The van der Waals surface area contributed by atoms with Gasteiger partial charge < -0.3 is 5.32 Å². The third-order valence-electron chi connectivity index (χ3n) is 3.37. The Morgan fingerprint density at radius 2 is 2.05 bits per heavy atom. The van der Waals surface area contributed by atoms with Crippen LogP contribution in [-0.4, -0.2) is 22.2 Å². The Kier molecular flexibility index (Phi) is 3.71. The molecule has 0 bridgehead atoms. The van der Waals surface area contributed by atoms with Crippen molar-refractivity contribution in [3.05, 3.63) is 41.5 Å². The summed E-state index contributed by atoms with van der Waals surface area (Å²) in [5, 5.41) is 15.1. The molecule has 5 heteroatoms. The van der Waals surface area contributed by atoms with Crippen LogP contribution >= 0.6 is 11.3 Å². The van der Waals surface area contributed by atoms with E-state index >= 15 is 0 Å². The molecule has 0 radical (unpaired) electrons. The second-order valence-electron chi connectivity index (χ2n) is 4.57. The monoisotopic (exact) mass is 284 g/mol. The standard InChI is InChI=1S/C15H16N4S/c1-3-12(16-2)15-19-18-14(20-15)11-8-9-17-13-7-5-4-6-10(11)13/h4-9,12,16H,3H2,1-2H3. The molecule has 0 aliphatic heterocycles. The predicted molar refractivity (Wildman–Crippen MR) is 82.7 cm³/mol. The zero-order chi connectivity index (χ0) is 13.9. The third kappa shape index (κ3) is 2.30.